The van der Waals surface area contributed by atoms with Crippen molar-refractivity contribution in [3.05, 3.63) is 81.9 Å². The van der Waals surface area contributed by atoms with E-state index < -0.39 is 10.8 Å². The maximum atomic E-state index is 13.5. The van der Waals surface area contributed by atoms with Crippen LogP contribution in [0.15, 0.2) is 60.7 Å². The fraction of sp³-hybridized carbons (Fsp3) is 0.346. The SMILES string of the molecule is Cc1cccc(N(CN2C(=O)C3C4C=CC(C5CC45)C3C2=O)C(=O)c2ccc([N+](=O)[O-])cc2)c1. The zero-order valence-corrected chi connectivity index (χ0v) is 18.5. The maximum Gasteiger partial charge on any atom is 0.269 e. The van der Waals surface area contributed by atoms with Gasteiger partial charge in [-0.05, 0) is 66.8 Å². The molecule has 3 amide bonds. The van der Waals surface area contributed by atoms with Gasteiger partial charge < -0.3 is 0 Å². The Hall–Kier alpha value is -3.81. The monoisotopic (exact) mass is 457 g/mol. The fourth-order valence-corrected chi connectivity index (χ4v) is 6.24. The minimum absolute atomic E-state index is 0.110. The normalized spacial score (nSPS) is 30.2. The number of hydrogen-bond acceptors (Lipinski definition) is 5. The van der Waals surface area contributed by atoms with Crippen LogP contribution in [0.4, 0.5) is 11.4 Å². The standard InChI is InChI=1S/C26H23N3O5/c1-14-3-2-4-17(11-14)27(24(30)15-5-7-16(8-6-15)29(33)34)13-28-25(31)22-18-9-10-19(21-12-20(18)21)23(22)26(28)32/h2-11,18-23H,12-13H2,1H3. The lowest BCUT2D eigenvalue weighted by atomic mass is 9.63. The Kier molecular flexibility index (Phi) is 4.49. The highest BCUT2D eigenvalue weighted by Crippen LogP contribution is 2.65. The molecule has 34 heavy (non-hydrogen) atoms. The number of aryl methyl sites for hydroxylation is 1. The van der Waals surface area contributed by atoms with Gasteiger partial charge in [-0.2, -0.15) is 0 Å². The summed E-state index contributed by atoms with van der Waals surface area (Å²) in [5.74, 6) is -0.272. The fourth-order valence-electron chi connectivity index (χ4n) is 6.24. The predicted molar refractivity (Wildman–Crippen MR) is 123 cm³/mol. The van der Waals surface area contributed by atoms with Gasteiger partial charge in [-0.1, -0.05) is 24.3 Å². The zero-order valence-electron chi connectivity index (χ0n) is 18.5. The third-order valence-corrected chi connectivity index (χ3v) is 7.92. The minimum Gasteiger partial charge on any atom is -0.290 e. The Labute approximate surface area is 196 Å². The van der Waals surface area contributed by atoms with E-state index >= 15 is 0 Å². The van der Waals surface area contributed by atoms with Gasteiger partial charge in [0.15, 0.2) is 0 Å². The van der Waals surface area contributed by atoms with Crippen LogP contribution in [0.5, 0.6) is 0 Å². The number of anilines is 1. The lowest BCUT2D eigenvalue weighted by Crippen LogP contribution is -2.45. The molecule has 8 nitrogen and oxygen atoms in total. The van der Waals surface area contributed by atoms with Crippen LogP contribution in [-0.4, -0.2) is 34.2 Å². The number of nitro benzene ring substituents is 1. The summed E-state index contributed by atoms with van der Waals surface area (Å²) in [7, 11) is 0. The van der Waals surface area contributed by atoms with Gasteiger partial charge in [0.25, 0.3) is 11.6 Å². The van der Waals surface area contributed by atoms with E-state index in [0.717, 1.165) is 12.0 Å². The molecule has 6 atom stereocenters. The molecule has 1 aliphatic heterocycles. The summed E-state index contributed by atoms with van der Waals surface area (Å²) in [6.45, 7) is 1.72. The number of carbonyl (C=O) groups is 3. The Bertz CT molecular complexity index is 1230. The molecular weight excluding hydrogens is 434 g/mol. The number of hydrogen-bond donors (Lipinski definition) is 0. The van der Waals surface area contributed by atoms with Crippen molar-refractivity contribution in [2.45, 2.75) is 13.3 Å². The molecule has 2 saturated carbocycles. The number of non-ortho nitro benzene ring substituents is 1. The van der Waals surface area contributed by atoms with Crippen molar-refractivity contribution in [1.82, 2.24) is 4.90 Å². The molecule has 0 radical (unpaired) electrons. The third kappa shape index (κ3) is 3.01. The van der Waals surface area contributed by atoms with Crippen molar-refractivity contribution in [1.29, 1.82) is 0 Å². The molecule has 2 aromatic rings. The van der Waals surface area contributed by atoms with Crippen molar-refractivity contribution >= 4 is 29.1 Å². The highest BCUT2D eigenvalue weighted by molar-refractivity contribution is 6.10. The van der Waals surface area contributed by atoms with Gasteiger partial charge in [0.2, 0.25) is 11.8 Å². The molecule has 5 aliphatic rings. The number of nitro groups is 1. The molecule has 2 aromatic carbocycles. The van der Waals surface area contributed by atoms with Crippen LogP contribution in [-0.2, 0) is 9.59 Å². The smallest absolute Gasteiger partial charge is 0.269 e. The lowest BCUT2D eigenvalue weighted by Gasteiger charge is -2.37. The van der Waals surface area contributed by atoms with E-state index in [1.807, 2.05) is 25.1 Å². The zero-order chi connectivity index (χ0) is 23.7. The molecule has 0 N–H and O–H groups in total. The molecule has 6 unspecified atom stereocenters. The number of amides is 3. The first kappa shape index (κ1) is 20.8. The van der Waals surface area contributed by atoms with E-state index in [2.05, 4.69) is 12.2 Å². The van der Waals surface area contributed by atoms with Gasteiger partial charge in [0, 0.05) is 23.4 Å². The molecule has 3 fully saturated rings. The van der Waals surface area contributed by atoms with Crippen LogP contribution < -0.4 is 4.90 Å². The molecule has 1 heterocycles. The molecule has 2 bridgehead atoms. The van der Waals surface area contributed by atoms with Gasteiger partial charge >= 0.3 is 0 Å². The minimum atomic E-state index is -0.525. The van der Waals surface area contributed by atoms with Gasteiger partial charge in [0.1, 0.15) is 6.67 Å². The molecule has 0 spiro atoms. The quantitative estimate of drug-likeness (QED) is 0.296. The number of allylic oxidation sites excluding steroid dienone is 2. The number of carbonyl (C=O) groups excluding carboxylic acids is 3. The second-order valence-corrected chi connectivity index (χ2v) is 9.78. The lowest BCUT2D eigenvalue weighted by molar-refractivity contribution is -0.384. The second-order valence-electron chi connectivity index (χ2n) is 9.78. The molecule has 1 saturated heterocycles. The van der Waals surface area contributed by atoms with Gasteiger partial charge in [-0.3, -0.25) is 34.3 Å². The Morgan fingerprint density at radius 2 is 1.65 bits per heavy atom. The van der Waals surface area contributed by atoms with E-state index in [1.54, 1.807) is 6.07 Å². The number of benzene rings is 2. The summed E-state index contributed by atoms with van der Waals surface area (Å²) in [6.07, 6.45) is 5.33. The van der Waals surface area contributed by atoms with E-state index in [9.17, 15) is 24.5 Å². The first-order chi connectivity index (χ1) is 16.3. The largest absolute Gasteiger partial charge is 0.290 e. The van der Waals surface area contributed by atoms with Crippen molar-refractivity contribution in [2.24, 2.45) is 35.5 Å². The summed E-state index contributed by atoms with van der Waals surface area (Å²) in [4.78, 5) is 53.6. The van der Waals surface area contributed by atoms with Crippen molar-refractivity contribution in [3.63, 3.8) is 0 Å². The van der Waals surface area contributed by atoms with Gasteiger partial charge in [-0.25, -0.2) is 0 Å². The number of nitrogens with zero attached hydrogens (tertiary/aromatic N) is 3. The maximum absolute atomic E-state index is 13.5. The Balaban J connectivity index is 1.33. The molecule has 172 valence electrons. The van der Waals surface area contributed by atoms with E-state index in [-0.39, 0.29) is 53.4 Å². The molecule has 4 aliphatic carbocycles. The van der Waals surface area contributed by atoms with Crippen LogP contribution in [0.2, 0.25) is 0 Å². The van der Waals surface area contributed by atoms with Crippen LogP contribution in [0.1, 0.15) is 22.3 Å². The molecule has 8 heteroatoms. The first-order valence-electron chi connectivity index (χ1n) is 11.5. The second kappa shape index (κ2) is 7.35. The van der Waals surface area contributed by atoms with E-state index in [1.165, 1.54) is 34.1 Å². The molecule has 0 aromatic heterocycles. The summed E-state index contributed by atoms with van der Waals surface area (Å²) in [5.41, 5.74) is 1.61. The first-order valence-corrected chi connectivity index (χ1v) is 11.5. The van der Waals surface area contributed by atoms with Crippen molar-refractivity contribution in [2.75, 3.05) is 11.6 Å². The van der Waals surface area contributed by atoms with E-state index in [4.69, 9.17) is 0 Å². The highest BCUT2D eigenvalue weighted by Gasteiger charge is 2.67. The van der Waals surface area contributed by atoms with E-state index in [0.29, 0.717) is 17.5 Å². The number of imide groups is 1. The molecular formula is C26H23N3O5. The highest BCUT2D eigenvalue weighted by atomic mass is 16.6. The van der Waals surface area contributed by atoms with Crippen LogP contribution in [0, 0.1) is 52.5 Å². The van der Waals surface area contributed by atoms with Crippen molar-refractivity contribution < 1.29 is 19.3 Å². The van der Waals surface area contributed by atoms with Gasteiger partial charge in [0.05, 0.1) is 16.8 Å². The molecule has 7 rings (SSSR count). The summed E-state index contributed by atoms with van der Waals surface area (Å²) in [6, 6.07) is 12.6. The average molecular weight is 457 g/mol. The number of likely N-dealkylation sites (tertiary alicyclic amines) is 1. The number of rotatable bonds is 5. The summed E-state index contributed by atoms with van der Waals surface area (Å²) >= 11 is 0. The summed E-state index contributed by atoms with van der Waals surface area (Å²) in [5, 5.41) is 11.0. The Morgan fingerprint density at radius 3 is 2.21 bits per heavy atom. The summed E-state index contributed by atoms with van der Waals surface area (Å²) < 4.78 is 0. The van der Waals surface area contributed by atoms with Crippen LogP contribution >= 0.6 is 0 Å². The van der Waals surface area contributed by atoms with Crippen molar-refractivity contribution in [3.8, 4) is 0 Å². The Morgan fingerprint density at radius 1 is 1.03 bits per heavy atom. The average Bonchev–Trinajstić information content (AvgIpc) is 3.62. The van der Waals surface area contributed by atoms with Crippen LogP contribution in [0.25, 0.3) is 0 Å². The topological polar surface area (TPSA) is 101 Å². The van der Waals surface area contributed by atoms with Crippen LogP contribution in [0.3, 0.4) is 0 Å². The predicted octanol–water partition coefficient (Wildman–Crippen LogP) is 3.56. The van der Waals surface area contributed by atoms with Gasteiger partial charge in [-0.15, -0.1) is 0 Å². The third-order valence-electron chi connectivity index (χ3n) is 7.92.